The van der Waals surface area contributed by atoms with Crippen molar-refractivity contribution < 1.29 is 34.3 Å². The van der Waals surface area contributed by atoms with Gasteiger partial charge in [0.15, 0.2) is 0 Å². The number of benzene rings is 4. The van der Waals surface area contributed by atoms with Crippen molar-refractivity contribution in [3.8, 4) is 39.9 Å². The Morgan fingerprint density at radius 3 is 2.24 bits per heavy atom. The van der Waals surface area contributed by atoms with E-state index in [1.54, 1.807) is 6.20 Å². The summed E-state index contributed by atoms with van der Waals surface area (Å²) < 4.78 is 32.2. The molecule has 0 atom stereocenters. The number of aryl methyl sites for hydroxylation is 3. The van der Waals surface area contributed by atoms with E-state index in [1.165, 1.54) is 28.8 Å². The molecule has 0 spiro atoms. The summed E-state index contributed by atoms with van der Waals surface area (Å²) >= 11 is 0. The number of ether oxygens (including phenoxy) is 2. The van der Waals surface area contributed by atoms with Crippen LogP contribution in [0.2, 0.25) is 0 Å². The molecule has 286 valence electrons. The number of hydrogen-bond acceptors (Lipinski definition) is 4. The smallest absolute Gasteiger partial charge is 0.509 e. The second-order valence-electron chi connectivity index (χ2n) is 16.6. The molecule has 0 aliphatic heterocycles. The van der Waals surface area contributed by atoms with E-state index in [9.17, 15) is 0 Å². The molecule has 0 saturated carbocycles. The number of pyridine rings is 1. The number of aromatic nitrogens is 4. The fourth-order valence-electron chi connectivity index (χ4n) is 7.19. The second-order valence-corrected chi connectivity index (χ2v) is 16.6. The van der Waals surface area contributed by atoms with Gasteiger partial charge in [0.2, 0.25) is 0 Å². The standard InChI is InChI=1S/C47H49FN4O2.Pd/c1-11-14-40-45(32-21-29(2)31(4)30(3)22-32)43(28-46(5,6)7)52(50-40)34-23-33(48)24-37(25-34)53-35-17-18-39-38-15-12-13-16-41(38)51(42(39)26-35)44-27-36(19-20-49-44)54-47(8,9)10;/h12-13,15-24,27H,11,14,28H2,1-10H3;/q-2;+2. The number of para-hydroxylation sites is 1. The first-order valence-electron chi connectivity index (χ1n) is 18.8. The predicted molar refractivity (Wildman–Crippen MR) is 217 cm³/mol. The van der Waals surface area contributed by atoms with E-state index in [0.29, 0.717) is 17.3 Å². The Kier molecular flexibility index (Phi) is 11.2. The third-order valence-electron chi connectivity index (χ3n) is 9.62. The normalized spacial score (nSPS) is 12.0. The molecule has 3 heterocycles. The Labute approximate surface area is 338 Å². The summed E-state index contributed by atoms with van der Waals surface area (Å²) in [5.74, 6) is 1.63. The molecule has 0 N–H and O–H groups in total. The largest absolute Gasteiger partial charge is 2.00 e. The quantitative estimate of drug-likeness (QED) is 0.107. The zero-order chi connectivity index (χ0) is 38.5. The number of halogens is 1. The van der Waals surface area contributed by atoms with Gasteiger partial charge in [-0.3, -0.25) is 4.68 Å². The van der Waals surface area contributed by atoms with Gasteiger partial charge < -0.3 is 14.0 Å². The van der Waals surface area contributed by atoms with Gasteiger partial charge in [-0.05, 0) is 105 Å². The SMILES string of the molecule is CCCc1nn(-c2[c-]c(Oc3[c-]c4c(cc3)c3ccccc3n4-c3cc(OC(C)(C)C)ccn3)cc(F)c2)c(CC(C)(C)C)c1-c1cc(C)c(C)c(C)c1.[Pd+2]. The Morgan fingerprint density at radius 2 is 1.55 bits per heavy atom. The molecule has 0 fully saturated rings. The minimum absolute atomic E-state index is 0. The van der Waals surface area contributed by atoms with E-state index in [0.717, 1.165) is 69.3 Å². The zero-order valence-corrected chi connectivity index (χ0v) is 35.0. The molecule has 8 heteroatoms. The van der Waals surface area contributed by atoms with Crippen molar-refractivity contribution in [3.05, 3.63) is 125 Å². The molecular weight excluding hydrogens is 778 g/mol. The van der Waals surface area contributed by atoms with Crippen molar-refractivity contribution in [3.63, 3.8) is 0 Å². The molecule has 0 aliphatic rings. The number of hydrogen-bond donors (Lipinski definition) is 0. The van der Waals surface area contributed by atoms with Gasteiger partial charge in [0, 0.05) is 40.7 Å². The van der Waals surface area contributed by atoms with Crippen molar-refractivity contribution in [2.75, 3.05) is 0 Å². The van der Waals surface area contributed by atoms with Gasteiger partial charge in [-0.1, -0.05) is 76.0 Å². The molecular formula is C47H49FN4O2Pd. The van der Waals surface area contributed by atoms with Crippen LogP contribution < -0.4 is 9.47 Å². The van der Waals surface area contributed by atoms with E-state index in [1.807, 2.05) is 61.9 Å². The van der Waals surface area contributed by atoms with E-state index in [-0.39, 0.29) is 37.2 Å². The van der Waals surface area contributed by atoms with Crippen LogP contribution in [0.5, 0.6) is 17.2 Å². The zero-order valence-electron chi connectivity index (χ0n) is 33.4. The van der Waals surface area contributed by atoms with Crippen LogP contribution in [0.25, 0.3) is 44.4 Å². The van der Waals surface area contributed by atoms with Crippen LogP contribution in [0.1, 0.15) is 83.0 Å². The molecule has 3 aromatic heterocycles. The van der Waals surface area contributed by atoms with E-state index < -0.39 is 5.82 Å². The summed E-state index contributed by atoms with van der Waals surface area (Å²) in [5.41, 5.74) is 9.87. The summed E-state index contributed by atoms with van der Waals surface area (Å²) in [5, 5.41) is 7.23. The van der Waals surface area contributed by atoms with E-state index in [4.69, 9.17) is 19.6 Å². The van der Waals surface area contributed by atoms with E-state index in [2.05, 4.69) is 89.4 Å². The van der Waals surface area contributed by atoms with Crippen LogP contribution in [0.15, 0.2) is 79.0 Å². The van der Waals surface area contributed by atoms with Gasteiger partial charge in [-0.15, -0.1) is 29.7 Å². The predicted octanol–water partition coefficient (Wildman–Crippen LogP) is 12.2. The number of fused-ring (bicyclic) bond motifs is 3. The molecule has 0 bridgehead atoms. The minimum Gasteiger partial charge on any atom is -0.509 e. The Balaban J connectivity index is 0.00000514. The maximum absolute atomic E-state index is 15.7. The maximum atomic E-state index is 15.7. The van der Waals surface area contributed by atoms with Gasteiger partial charge in [-0.2, -0.15) is 11.2 Å². The first-order valence-corrected chi connectivity index (χ1v) is 18.8. The Bertz CT molecular complexity index is 2500. The second kappa shape index (κ2) is 15.4. The molecule has 0 unspecified atom stereocenters. The number of nitrogens with zero attached hydrogens (tertiary/aromatic N) is 4. The van der Waals surface area contributed by atoms with Crippen molar-refractivity contribution >= 4 is 21.8 Å². The van der Waals surface area contributed by atoms with Gasteiger partial charge in [0.1, 0.15) is 17.2 Å². The van der Waals surface area contributed by atoms with Crippen LogP contribution in [-0.2, 0) is 33.3 Å². The Hall–Kier alpha value is -4.77. The van der Waals surface area contributed by atoms with Gasteiger partial charge in [0.05, 0.1) is 11.4 Å². The summed E-state index contributed by atoms with van der Waals surface area (Å²) in [6, 6.07) is 30.1. The molecule has 7 aromatic rings. The van der Waals surface area contributed by atoms with Gasteiger partial charge in [-0.25, -0.2) is 9.37 Å². The van der Waals surface area contributed by atoms with Gasteiger partial charge >= 0.3 is 20.4 Å². The van der Waals surface area contributed by atoms with Crippen LogP contribution in [0.4, 0.5) is 4.39 Å². The van der Waals surface area contributed by atoms with Crippen LogP contribution >= 0.6 is 0 Å². The fourth-order valence-corrected chi connectivity index (χ4v) is 7.19. The minimum atomic E-state index is -0.438. The van der Waals surface area contributed by atoms with Crippen molar-refractivity contribution in [2.24, 2.45) is 5.41 Å². The summed E-state index contributed by atoms with van der Waals surface area (Å²) in [6.07, 6.45) is 4.22. The van der Waals surface area contributed by atoms with E-state index >= 15 is 4.39 Å². The van der Waals surface area contributed by atoms with Gasteiger partial charge in [0.25, 0.3) is 0 Å². The molecule has 0 aliphatic carbocycles. The number of rotatable bonds is 9. The van der Waals surface area contributed by atoms with Crippen molar-refractivity contribution in [2.45, 2.75) is 94.1 Å². The topological polar surface area (TPSA) is 54.1 Å². The van der Waals surface area contributed by atoms with Crippen molar-refractivity contribution in [1.29, 1.82) is 0 Å². The monoisotopic (exact) mass is 826 g/mol. The first kappa shape index (κ1) is 39.9. The first-order chi connectivity index (χ1) is 25.6. The molecule has 4 aromatic carbocycles. The third kappa shape index (κ3) is 8.42. The fraction of sp³-hybridized carbons (Fsp3) is 0.319. The average molecular weight is 827 g/mol. The van der Waals surface area contributed by atoms with Crippen LogP contribution in [-0.4, -0.2) is 24.9 Å². The molecule has 55 heavy (non-hydrogen) atoms. The summed E-state index contributed by atoms with van der Waals surface area (Å²) in [6.45, 7) is 21.4. The molecule has 0 radical (unpaired) electrons. The average Bonchev–Trinajstić information content (AvgIpc) is 3.60. The maximum Gasteiger partial charge on any atom is 2.00 e. The Morgan fingerprint density at radius 1 is 0.818 bits per heavy atom. The summed E-state index contributed by atoms with van der Waals surface area (Å²) in [4.78, 5) is 4.73. The van der Waals surface area contributed by atoms with Crippen LogP contribution in [0.3, 0.4) is 0 Å². The third-order valence-corrected chi connectivity index (χ3v) is 9.62. The van der Waals surface area contributed by atoms with Crippen molar-refractivity contribution in [1.82, 2.24) is 19.3 Å². The molecule has 6 nitrogen and oxygen atoms in total. The summed E-state index contributed by atoms with van der Waals surface area (Å²) in [7, 11) is 0. The van der Waals surface area contributed by atoms with Crippen LogP contribution in [0, 0.1) is 44.1 Å². The molecule has 7 rings (SSSR count). The molecule has 0 saturated heterocycles. The molecule has 0 amide bonds.